The number of aromatic nitrogens is 1. The summed E-state index contributed by atoms with van der Waals surface area (Å²) in [5.74, 6) is -1.09. The zero-order valence-corrected chi connectivity index (χ0v) is 19.1. The van der Waals surface area contributed by atoms with Gasteiger partial charge in [-0.15, -0.1) is 0 Å². The van der Waals surface area contributed by atoms with Crippen molar-refractivity contribution in [3.8, 4) is 5.88 Å². The van der Waals surface area contributed by atoms with Gasteiger partial charge in [0.15, 0.2) is 0 Å². The number of piperidine rings is 1. The van der Waals surface area contributed by atoms with E-state index in [4.69, 9.17) is 31.5 Å². The van der Waals surface area contributed by atoms with Gasteiger partial charge in [-0.3, -0.25) is 14.5 Å². The third-order valence-electron chi connectivity index (χ3n) is 5.31. The molecule has 0 bridgehead atoms. The predicted molar refractivity (Wildman–Crippen MR) is 120 cm³/mol. The summed E-state index contributed by atoms with van der Waals surface area (Å²) in [6.07, 6.45) is 0.182. The number of hydrogen-bond donors (Lipinski definition) is 2. The maximum atomic E-state index is 13.2. The first-order chi connectivity index (χ1) is 15.8. The van der Waals surface area contributed by atoms with Gasteiger partial charge in [-0.2, -0.15) is 4.98 Å². The summed E-state index contributed by atoms with van der Waals surface area (Å²) in [5.41, 5.74) is 6.41. The number of nitrogens with one attached hydrogen (secondary N) is 1. The van der Waals surface area contributed by atoms with Crippen LogP contribution < -0.4 is 15.8 Å². The number of carbonyl (C=O) groups excluding carboxylic acids is 2. The lowest BCUT2D eigenvalue weighted by Gasteiger charge is -2.37. The standard InChI is InChI=1S/C22H26ClFN4O5/c1-31-18-10-28(11-19(29)33-12-13-4-3-5-14(24)8-13)7-6-17(18)26-21(30)15-9-16(23)20(25)27-22(15)32-2/h3-5,8-9,17-18H,6-7,10-12H2,1-2H3,(H2,25,27)(H,26,30)/t17-,18+/m0/s1. The van der Waals surface area contributed by atoms with Crippen molar-refractivity contribution in [3.05, 3.63) is 52.3 Å². The Morgan fingerprint density at radius 2 is 2.12 bits per heavy atom. The van der Waals surface area contributed by atoms with Crippen molar-refractivity contribution in [2.24, 2.45) is 0 Å². The van der Waals surface area contributed by atoms with Crippen molar-refractivity contribution < 1.29 is 28.2 Å². The van der Waals surface area contributed by atoms with Gasteiger partial charge in [0.25, 0.3) is 5.91 Å². The highest BCUT2D eigenvalue weighted by Crippen LogP contribution is 2.25. The van der Waals surface area contributed by atoms with Crippen LogP contribution in [0.3, 0.4) is 0 Å². The summed E-state index contributed by atoms with van der Waals surface area (Å²) >= 11 is 6.01. The van der Waals surface area contributed by atoms with Crippen molar-refractivity contribution in [1.29, 1.82) is 0 Å². The zero-order chi connectivity index (χ0) is 24.0. The number of carbonyl (C=O) groups is 2. The third kappa shape index (κ3) is 6.53. The molecule has 1 aromatic carbocycles. The van der Waals surface area contributed by atoms with Crippen LogP contribution in [0.25, 0.3) is 0 Å². The molecule has 33 heavy (non-hydrogen) atoms. The normalized spacial score (nSPS) is 18.5. The number of likely N-dealkylation sites (tertiary alicyclic amines) is 1. The van der Waals surface area contributed by atoms with E-state index in [1.165, 1.54) is 32.4 Å². The number of pyridine rings is 1. The Morgan fingerprint density at radius 3 is 2.82 bits per heavy atom. The third-order valence-corrected chi connectivity index (χ3v) is 5.61. The summed E-state index contributed by atoms with van der Waals surface area (Å²) in [4.78, 5) is 30.9. The van der Waals surface area contributed by atoms with E-state index in [0.717, 1.165) is 0 Å². The van der Waals surface area contributed by atoms with Crippen LogP contribution in [0.15, 0.2) is 30.3 Å². The Balaban J connectivity index is 1.54. The molecule has 2 heterocycles. The molecule has 3 rings (SSSR count). The van der Waals surface area contributed by atoms with Crippen LogP contribution in [-0.4, -0.2) is 67.8 Å². The highest BCUT2D eigenvalue weighted by Gasteiger charge is 2.32. The second-order valence-corrected chi connectivity index (χ2v) is 7.99. The van der Waals surface area contributed by atoms with Crippen LogP contribution >= 0.6 is 11.6 Å². The fourth-order valence-corrected chi connectivity index (χ4v) is 3.75. The summed E-state index contributed by atoms with van der Waals surface area (Å²) in [5, 5.41) is 3.07. The molecule has 1 aromatic heterocycles. The maximum Gasteiger partial charge on any atom is 0.320 e. The number of hydrogen-bond acceptors (Lipinski definition) is 8. The molecule has 0 unspecified atom stereocenters. The number of anilines is 1. The molecule has 1 saturated heterocycles. The topological polar surface area (TPSA) is 116 Å². The number of ether oxygens (including phenoxy) is 3. The van der Waals surface area contributed by atoms with Gasteiger partial charge >= 0.3 is 5.97 Å². The molecule has 1 aliphatic heterocycles. The minimum atomic E-state index is -0.427. The van der Waals surface area contributed by atoms with Gasteiger partial charge in [0.1, 0.15) is 23.8 Å². The van der Waals surface area contributed by atoms with Gasteiger partial charge in [0.05, 0.1) is 30.8 Å². The lowest BCUT2D eigenvalue weighted by Crippen LogP contribution is -2.55. The minimum absolute atomic E-state index is 0.00313. The number of esters is 1. The Kier molecular flexibility index (Phi) is 8.43. The number of methoxy groups -OCH3 is 2. The zero-order valence-electron chi connectivity index (χ0n) is 18.3. The van der Waals surface area contributed by atoms with Gasteiger partial charge in [0.2, 0.25) is 5.88 Å². The van der Waals surface area contributed by atoms with E-state index in [0.29, 0.717) is 25.1 Å². The number of nitrogen functional groups attached to an aromatic ring is 1. The van der Waals surface area contributed by atoms with E-state index < -0.39 is 11.9 Å². The van der Waals surface area contributed by atoms with Crippen LogP contribution in [0.4, 0.5) is 10.2 Å². The maximum absolute atomic E-state index is 13.2. The second kappa shape index (κ2) is 11.3. The molecule has 1 fully saturated rings. The number of halogens is 2. The first kappa shape index (κ1) is 24.7. The van der Waals surface area contributed by atoms with Crippen molar-refractivity contribution in [2.75, 3.05) is 39.6 Å². The molecule has 9 nitrogen and oxygen atoms in total. The molecule has 2 atom stereocenters. The van der Waals surface area contributed by atoms with Gasteiger partial charge in [-0.1, -0.05) is 23.7 Å². The average molecular weight is 481 g/mol. The molecule has 0 saturated carbocycles. The van der Waals surface area contributed by atoms with Crippen molar-refractivity contribution in [1.82, 2.24) is 15.2 Å². The molecule has 0 radical (unpaired) electrons. The lowest BCUT2D eigenvalue weighted by molar-refractivity contribution is -0.147. The molecule has 1 aliphatic rings. The first-order valence-electron chi connectivity index (χ1n) is 10.3. The lowest BCUT2D eigenvalue weighted by atomic mass is 10.0. The number of nitrogens with two attached hydrogens (primary N) is 1. The molecule has 3 N–H and O–H groups in total. The number of amides is 1. The summed E-state index contributed by atoms with van der Waals surface area (Å²) in [6, 6.07) is 7.00. The van der Waals surface area contributed by atoms with E-state index in [9.17, 15) is 14.0 Å². The molecule has 2 aromatic rings. The fraction of sp³-hybridized carbons (Fsp3) is 0.409. The van der Waals surface area contributed by atoms with Crippen LogP contribution in [-0.2, 0) is 20.9 Å². The van der Waals surface area contributed by atoms with E-state index in [1.54, 1.807) is 12.1 Å². The quantitative estimate of drug-likeness (QED) is 0.551. The van der Waals surface area contributed by atoms with Gasteiger partial charge in [0, 0.05) is 20.2 Å². The Labute approximate surface area is 195 Å². The van der Waals surface area contributed by atoms with E-state index in [-0.39, 0.29) is 53.4 Å². The number of benzene rings is 1. The van der Waals surface area contributed by atoms with Crippen LogP contribution in [0, 0.1) is 5.82 Å². The molecule has 1 amide bonds. The molecule has 178 valence electrons. The van der Waals surface area contributed by atoms with E-state index >= 15 is 0 Å². The molecular weight excluding hydrogens is 455 g/mol. The Morgan fingerprint density at radius 1 is 1.33 bits per heavy atom. The average Bonchev–Trinajstić information content (AvgIpc) is 2.80. The summed E-state index contributed by atoms with van der Waals surface area (Å²) in [6.45, 7) is 1.00. The molecule has 0 aliphatic carbocycles. The molecule has 0 spiro atoms. The predicted octanol–water partition coefficient (Wildman–Crippen LogP) is 2.03. The van der Waals surface area contributed by atoms with Crippen LogP contribution in [0.2, 0.25) is 5.02 Å². The Hall–Kier alpha value is -2.95. The van der Waals surface area contributed by atoms with Gasteiger partial charge < -0.3 is 25.3 Å². The van der Waals surface area contributed by atoms with E-state index in [1.807, 2.05) is 4.90 Å². The largest absolute Gasteiger partial charge is 0.480 e. The fourth-order valence-electron chi connectivity index (χ4n) is 3.60. The summed E-state index contributed by atoms with van der Waals surface area (Å²) < 4.78 is 29.2. The molecular formula is C22H26ClFN4O5. The smallest absolute Gasteiger partial charge is 0.320 e. The van der Waals surface area contributed by atoms with Crippen molar-refractivity contribution in [3.63, 3.8) is 0 Å². The first-order valence-corrected chi connectivity index (χ1v) is 10.6. The van der Waals surface area contributed by atoms with E-state index in [2.05, 4.69) is 10.3 Å². The highest BCUT2D eigenvalue weighted by molar-refractivity contribution is 6.33. The second-order valence-electron chi connectivity index (χ2n) is 7.58. The Bertz CT molecular complexity index is 1010. The SMILES string of the molecule is COc1nc(N)c(Cl)cc1C(=O)N[C@H]1CCN(CC(=O)OCc2cccc(F)c2)C[C@H]1OC. The van der Waals surface area contributed by atoms with Crippen molar-refractivity contribution in [2.45, 2.75) is 25.2 Å². The molecule has 11 heteroatoms. The van der Waals surface area contributed by atoms with Crippen LogP contribution in [0.1, 0.15) is 22.3 Å². The minimum Gasteiger partial charge on any atom is -0.480 e. The van der Waals surface area contributed by atoms with Crippen molar-refractivity contribution >= 4 is 29.3 Å². The number of rotatable bonds is 8. The van der Waals surface area contributed by atoms with Crippen LogP contribution in [0.5, 0.6) is 5.88 Å². The van der Waals surface area contributed by atoms with Gasteiger partial charge in [-0.25, -0.2) is 4.39 Å². The monoisotopic (exact) mass is 480 g/mol. The summed E-state index contributed by atoms with van der Waals surface area (Å²) in [7, 11) is 2.92. The number of nitrogens with zero attached hydrogens (tertiary/aromatic N) is 2. The van der Waals surface area contributed by atoms with Gasteiger partial charge in [-0.05, 0) is 30.2 Å². The highest BCUT2D eigenvalue weighted by atomic mass is 35.5.